The van der Waals surface area contributed by atoms with Gasteiger partial charge in [0.05, 0.1) is 6.54 Å². The van der Waals surface area contributed by atoms with Crippen LogP contribution in [0.1, 0.15) is 11.5 Å². The number of sulfonamides is 1. The van der Waals surface area contributed by atoms with Crippen LogP contribution in [0.2, 0.25) is 0 Å². The van der Waals surface area contributed by atoms with E-state index < -0.39 is 20.7 Å². The molecular weight excluding hydrogens is 307 g/mol. The van der Waals surface area contributed by atoms with E-state index in [4.69, 9.17) is 0 Å². The average molecular weight is 320 g/mol. The standard InChI is InChI=1S/C14H13FN4O2S/c1-10-5-4-8-14-17-13(18-19(10)14)9-16-22(20,21)12-7-3-2-6-11(12)15/h2-8,16H,9H2,1H3. The van der Waals surface area contributed by atoms with Crippen LogP contribution in [-0.4, -0.2) is 23.0 Å². The van der Waals surface area contributed by atoms with Gasteiger partial charge < -0.3 is 0 Å². The molecule has 3 aromatic rings. The molecule has 0 saturated carbocycles. The molecule has 0 atom stereocenters. The van der Waals surface area contributed by atoms with Gasteiger partial charge in [0.2, 0.25) is 10.0 Å². The predicted octanol–water partition coefficient (Wildman–Crippen LogP) is 1.66. The summed E-state index contributed by atoms with van der Waals surface area (Å²) in [6.07, 6.45) is 0. The van der Waals surface area contributed by atoms with E-state index in [9.17, 15) is 12.8 Å². The fourth-order valence-electron chi connectivity index (χ4n) is 2.05. The molecule has 0 amide bonds. The Hall–Kier alpha value is -2.32. The van der Waals surface area contributed by atoms with Crippen molar-refractivity contribution in [1.29, 1.82) is 0 Å². The zero-order valence-corrected chi connectivity index (χ0v) is 12.5. The molecule has 1 aromatic carbocycles. The van der Waals surface area contributed by atoms with Gasteiger partial charge in [-0.15, -0.1) is 5.10 Å². The van der Waals surface area contributed by atoms with E-state index in [-0.39, 0.29) is 6.54 Å². The summed E-state index contributed by atoms with van der Waals surface area (Å²) in [6, 6.07) is 10.7. The van der Waals surface area contributed by atoms with E-state index in [0.717, 1.165) is 11.8 Å². The largest absolute Gasteiger partial charge is 0.243 e. The van der Waals surface area contributed by atoms with Crippen LogP contribution in [-0.2, 0) is 16.6 Å². The van der Waals surface area contributed by atoms with Crippen molar-refractivity contribution in [2.24, 2.45) is 0 Å². The van der Waals surface area contributed by atoms with Crippen LogP contribution >= 0.6 is 0 Å². The van der Waals surface area contributed by atoms with E-state index in [1.165, 1.54) is 18.2 Å². The third kappa shape index (κ3) is 2.70. The van der Waals surface area contributed by atoms with Crippen molar-refractivity contribution in [3.05, 3.63) is 59.8 Å². The van der Waals surface area contributed by atoms with Crippen LogP contribution < -0.4 is 4.72 Å². The Kier molecular flexibility index (Phi) is 3.63. The van der Waals surface area contributed by atoms with Gasteiger partial charge in [0.25, 0.3) is 0 Å². The van der Waals surface area contributed by atoms with Crippen LogP contribution in [0.5, 0.6) is 0 Å². The van der Waals surface area contributed by atoms with Gasteiger partial charge in [-0.05, 0) is 31.2 Å². The van der Waals surface area contributed by atoms with Crippen molar-refractivity contribution < 1.29 is 12.8 Å². The Labute approximate surface area is 126 Å². The summed E-state index contributed by atoms with van der Waals surface area (Å²) in [5.74, 6) is -0.483. The summed E-state index contributed by atoms with van der Waals surface area (Å²) in [4.78, 5) is 3.83. The van der Waals surface area contributed by atoms with Crippen LogP contribution in [0, 0.1) is 12.7 Å². The first-order chi connectivity index (χ1) is 10.5. The Balaban J connectivity index is 1.84. The van der Waals surface area contributed by atoms with Crippen molar-refractivity contribution in [1.82, 2.24) is 19.3 Å². The Bertz CT molecular complexity index is 937. The number of rotatable bonds is 4. The van der Waals surface area contributed by atoms with E-state index in [0.29, 0.717) is 11.5 Å². The van der Waals surface area contributed by atoms with E-state index in [2.05, 4.69) is 14.8 Å². The molecule has 114 valence electrons. The summed E-state index contributed by atoms with van der Waals surface area (Å²) in [5, 5.41) is 4.22. The number of hydrogen-bond donors (Lipinski definition) is 1. The number of nitrogens with zero attached hydrogens (tertiary/aromatic N) is 3. The van der Waals surface area contributed by atoms with Gasteiger partial charge in [0.1, 0.15) is 10.7 Å². The number of aromatic nitrogens is 3. The minimum Gasteiger partial charge on any atom is -0.218 e. The van der Waals surface area contributed by atoms with Crippen molar-refractivity contribution in [3.8, 4) is 0 Å². The average Bonchev–Trinajstić information content (AvgIpc) is 2.90. The Morgan fingerprint density at radius 1 is 1.18 bits per heavy atom. The van der Waals surface area contributed by atoms with Gasteiger partial charge >= 0.3 is 0 Å². The third-order valence-electron chi connectivity index (χ3n) is 3.14. The normalized spacial score (nSPS) is 11.9. The van der Waals surface area contributed by atoms with Gasteiger partial charge in [0, 0.05) is 5.69 Å². The second-order valence-corrected chi connectivity index (χ2v) is 6.46. The molecule has 0 fully saturated rings. The lowest BCUT2D eigenvalue weighted by atomic mass is 10.4. The quantitative estimate of drug-likeness (QED) is 0.793. The predicted molar refractivity (Wildman–Crippen MR) is 78.1 cm³/mol. The maximum absolute atomic E-state index is 13.6. The molecule has 0 aliphatic carbocycles. The van der Waals surface area contributed by atoms with E-state index >= 15 is 0 Å². The number of aryl methyl sites for hydroxylation is 1. The lowest BCUT2D eigenvalue weighted by molar-refractivity contribution is 0.555. The molecule has 0 radical (unpaired) electrons. The molecule has 0 aliphatic rings. The van der Waals surface area contributed by atoms with Crippen LogP contribution in [0.3, 0.4) is 0 Å². The van der Waals surface area contributed by atoms with E-state index in [1.807, 2.05) is 19.1 Å². The highest BCUT2D eigenvalue weighted by molar-refractivity contribution is 7.89. The molecule has 0 bridgehead atoms. The first-order valence-corrected chi connectivity index (χ1v) is 8.01. The van der Waals surface area contributed by atoms with Crippen LogP contribution in [0.25, 0.3) is 5.65 Å². The highest BCUT2D eigenvalue weighted by atomic mass is 32.2. The summed E-state index contributed by atoms with van der Waals surface area (Å²) in [6.45, 7) is 1.76. The minimum absolute atomic E-state index is 0.113. The number of hydrogen-bond acceptors (Lipinski definition) is 4. The second-order valence-electron chi connectivity index (χ2n) is 4.72. The van der Waals surface area contributed by atoms with Gasteiger partial charge in [-0.3, -0.25) is 0 Å². The van der Waals surface area contributed by atoms with Gasteiger partial charge in [-0.25, -0.2) is 27.0 Å². The molecule has 22 heavy (non-hydrogen) atoms. The smallest absolute Gasteiger partial charge is 0.218 e. The van der Waals surface area contributed by atoms with Crippen molar-refractivity contribution >= 4 is 15.7 Å². The molecule has 2 aromatic heterocycles. The molecule has 0 spiro atoms. The molecule has 0 aliphatic heterocycles. The number of fused-ring (bicyclic) bond motifs is 1. The number of halogens is 1. The first-order valence-electron chi connectivity index (χ1n) is 6.53. The highest BCUT2D eigenvalue weighted by Crippen LogP contribution is 2.13. The minimum atomic E-state index is -3.95. The summed E-state index contributed by atoms with van der Waals surface area (Å²) < 4.78 is 41.7. The van der Waals surface area contributed by atoms with Gasteiger partial charge in [0.15, 0.2) is 11.5 Å². The molecule has 8 heteroatoms. The lowest BCUT2D eigenvalue weighted by Crippen LogP contribution is -2.24. The summed E-state index contributed by atoms with van der Waals surface area (Å²) >= 11 is 0. The second kappa shape index (κ2) is 5.47. The summed E-state index contributed by atoms with van der Waals surface area (Å²) in [7, 11) is -3.95. The van der Waals surface area contributed by atoms with Crippen molar-refractivity contribution in [2.45, 2.75) is 18.4 Å². The maximum atomic E-state index is 13.6. The zero-order valence-electron chi connectivity index (χ0n) is 11.7. The molecule has 0 unspecified atom stereocenters. The third-order valence-corrected chi connectivity index (χ3v) is 4.57. The molecule has 2 heterocycles. The first kappa shape index (κ1) is 14.6. The summed E-state index contributed by atoms with van der Waals surface area (Å²) in [5.41, 5.74) is 1.51. The van der Waals surface area contributed by atoms with Crippen molar-refractivity contribution in [3.63, 3.8) is 0 Å². The molecule has 6 nitrogen and oxygen atoms in total. The maximum Gasteiger partial charge on any atom is 0.243 e. The van der Waals surface area contributed by atoms with E-state index in [1.54, 1.807) is 10.6 Å². The monoisotopic (exact) mass is 320 g/mol. The number of pyridine rings is 1. The Morgan fingerprint density at radius 2 is 1.95 bits per heavy atom. The molecule has 1 N–H and O–H groups in total. The SMILES string of the molecule is Cc1cccc2nc(CNS(=O)(=O)c3ccccc3F)nn12. The Morgan fingerprint density at radius 3 is 2.68 bits per heavy atom. The molecular formula is C14H13FN4O2S. The van der Waals surface area contributed by atoms with Crippen LogP contribution in [0.4, 0.5) is 4.39 Å². The van der Waals surface area contributed by atoms with Crippen molar-refractivity contribution in [2.75, 3.05) is 0 Å². The number of benzene rings is 1. The number of nitrogens with one attached hydrogen (secondary N) is 1. The fraction of sp³-hybridized carbons (Fsp3) is 0.143. The lowest BCUT2D eigenvalue weighted by Gasteiger charge is -2.05. The van der Waals surface area contributed by atoms with Crippen LogP contribution in [0.15, 0.2) is 47.4 Å². The molecule has 0 saturated heterocycles. The van der Waals surface area contributed by atoms with Gasteiger partial charge in [-0.1, -0.05) is 18.2 Å². The molecule has 3 rings (SSSR count). The van der Waals surface area contributed by atoms with Gasteiger partial charge in [-0.2, -0.15) is 0 Å². The fourth-order valence-corrected chi connectivity index (χ4v) is 3.11. The highest BCUT2D eigenvalue weighted by Gasteiger charge is 2.19. The topological polar surface area (TPSA) is 76.4 Å². The zero-order chi connectivity index (χ0) is 15.7.